The van der Waals surface area contributed by atoms with Crippen LogP contribution in [0.2, 0.25) is 0 Å². The van der Waals surface area contributed by atoms with Crippen molar-refractivity contribution in [2.24, 2.45) is 7.05 Å². The Balaban J connectivity index is 1.73. The highest BCUT2D eigenvalue weighted by Gasteiger charge is 2.18. The summed E-state index contributed by atoms with van der Waals surface area (Å²) in [6.07, 6.45) is 5.00. The number of fused-ring (bicyclic) bond motifs is 1. The van der Waals surface area contributed by atoms with Crippen LogP contribution in [0.5, 0.6) is 0 Å². The first-order valence-electron chi connectivity index (χ1n) is 8.82. The van der Waals surface area contributed by atoms with Crippen molar-refractivity contribution in [2.75, 3.05) is 0 Å². The van der Waals surface area contributed by atoms with Crippen molar-refractivity contribution in [2.45, 2.75) is 29.7 Å². The number of hydrogen-bond acceptors (Lipinski definition) is 6. The third kappa shape index (κ3) is 3.61. The summed E-state index contributed by atoms with van der Waals surface area (Å²) in [7, 11) is 1.59. The maximum Gasteiger partial charge on any atom is 0.329 e. The summed E-state index contributed by atoms with van der Waals surface area (Å²) in [6, 6.07) is 11.9. The number of H-pyrrole nitrogens is 1. The second-order valence-electron chi connectivity index (χ2n) is 6.26. The van der Waals surface area contributed by atoms with Crippen molar-refractivity contribution >= 4 is 22.9 Å². The molecule has 1 aromatic carbocycles. The van der Waals surface area contributed by atoms with Crippen LogP contribution in [-0.2, 0) is 20.0 Å². The Kier molecular flexibility index (Phi) is 5.07. The summed E-state index contributed by atoms with van der Waals surface area (Å²) in [5.74, 6) is 0. The van der Waals surface area contributed by atoms with Gasteiger partial charge in [0.25, 0.3) is 5.56 Å². The van der Waals surface area contributed by atoms with Gasteiger partial charge in [0.2, 0.25) is 0 Å². The minimum Gasteiger partial charge on any atom is -0.313 e. The minimum atomic E-state index is -0.487. The molecule has 0 atom stereocenters. The Bertz CT molecular complexity index is 1210. The van der Waals surface area contributed by atoms with Crippen molar-refractivity contribution in [3.63, 3.8) is 0 Å². The zero-order valence-corrected chi connectivity index (χ0v) is 16.0. The first kappa shape index (κ1) is 18.2. The first-order valence-corrected chi connectivity index (χ1v) is 9.63. The lowest BCUT2D eigenvalue weighted by Gasteiger charge is -2.08. The zero-order valence-electron chi connectivity index (χ0n) is 15.2. The zero-order chi connectivity index (χ0) is 19.5. The summed E-state index contributed by atoms with van der Waals surface area (Å²) in [4.78, 5) is 39.8. The van der Waals surface area contributed by atoms with Gasteiger partial charge in [-0.1, -0.05) is 30.3 Å². The monoisotopic (exact) mass is 394 g/mol. The summed E-state index contributed by atoms with van der Waals surface area (Å²) in [5.41, 5.74) is 1.04. The molecule has 9 heteroatoms. The van der Waals surface area contributed by atoms with E-state index in [1.54, 1.807) is 25.5 Å². The molecule has 142 valence electrons. The van der Waals surface area contributed by atoms with E-state index in [4.69, 9.17) is 0 Å². The number of benzene rings is 1. The number of imidazole rings is 1. The molecule has 3 heterocycles. The first-order chi connectivity index (χ1) is 13.6. The molecule has 0 saturated carbocycles. The maximum atomic E-state index is 12.5. The molecule has 0 amide bonds. The lowest BCUT2D eigenvalue weighted by molar-refractivity contribution is 0.608. The lowest BCUT2D eigenvalue weighted by Crippen LogP contribution is -2.29. The number of aromatic nitrogens is 6. The summed E-state index contributed by atoms with van der Waals surface area (Å²) in [6.45, 7) is 0.585. The Labute approximate surface area is 164 Å². The van der Waals surface area contributed by atoms with Gasteiger partial charge in [-0.15, -0.1) is 0 Å². The summed E-state index contributed by atoms with van der Waals surface area (Å²) in [5, 5.41) is 1.12. The molecule has 4 aromatic rings. The van der Waals surface area contributed by atoms with E-state index in [-0.39, 0.29) is 0 Å². The fourth-order valence-electron chi connectivity index (χ4n) is 3.01. The van der Waals surface area contributed by atoms with Gasteiger partial charge in [0.05, 0.1) is 0 Å². The van der Waals surface area contributed by atoms with Crippen molar-refractivity contribution in [1.82, 2.24) is 29.1 Å². The highest BCUT2D eigenvalue weighted by Crippen LogP contribution is 2.26. The second kappa shape index (κ2) is 7.81. The molecule has 0 radical (unpaired) electrons. The third-order valence-electron chi connectivity index (χ3n) is 4.39. The van der Waals surface area contributed by atoms with Crippen LogP contribution in [0.1, 0.15) is 12.0 Å². The molecule has 0 fully saturated rings. The van der Waals surface area contributed by atoms with Crippen molar-refractivity contribution in [3.05, 3.63) is 75.2 Å². The predicted octanol–water partition coefficient (Wildman–Crippen LogP) is 2.00. The molecular formula is C19H18N6O2S. The molecule has 4 rings (SSSR count). The van der Waals surface area contributed by atoms with E-state index in [0.29, 0.717) is 28.0 Å². The van der Waals surface area contributed by atoms with Gasteiger partial charge in [-0.25, -0.2) is 19.7 Å². The van der Waals surface area contributed by atoms with Crippen LogP contribution in [-0.4, -0.2) is 29.1 Å². The summed E-state index contributed by atoms with van der Waals surface area (Å²) < 4.78 is 3.19. The van der Waals surface area contributed by atoms with Gasteiger partial charge >= 0.3 is 5.69 Å². The fraction of sp³-hybridized carbons (Fsp3) is 0.211. The number of rotatable bonds is 6. The van der Waals surface area contributed by atoms with Gasteiger partial charge < -0.3 is 4.57 Å². The van der Waals surface area contributed by atoms with Crippen LogP contribution >= 0.6 is 11.8 Å². The van der Waals surface area contributed by atoms with Crippen LogP contribution in [0.3, 0.4) is 0 Å². The molecule has 1 N–H and O–H groups in total. The number of nitrogens with zero attached hydrogens (tertiary/aromatic N) is 5. The average molecular weight is 394 g/mol. The van der Waals surface area contributed by atoms with Gasteiger partial charge in [0.15, 0.2) is 21.5 Å². The van der Waals surface area contributed by atoms with E-state index in [1.807, 2.05) is 22.8 Å². The van der Waals surface area contributed by atoms with E-state index >= 15 is 0 Å². The van der Waals surface area contributed by atoms with Gasteiger partial charge in [0.1, 0.15) is 0 Å². The van der Waals surface area contributed by atoms with Gasteiger partial charge in [-0.3, -0.25) is 14.3 Å². The van der Waals surface area contributed by atoms with Crippen LogP contribution in [0.25, 0.3) is 11.2 Å². The number of aryl methyl sites for hydroxylation is 3. The van der Waals surface area contributed by atoms with Crippen molar-refractivity contribution in [1.29, 1.82) is 0 Å². The van der Waals surface area contributed by atoms with Crippen LogP contribution in [0.15, 0.2) is 68.7 Å². The highest BCUT2D eigenvalue weighted by atomic mass is 32.2. The minimum absolute atomic E-state index is 0.354. The lowest BCUT2D eigenvalue weighted by atomic mass is 10.1. The van der Waals surface area contributed by atoms with Crippen LogP contribution < -0.4 is 11.2 Å². The normalized spacial score (nSPS) is 11.2. The Hall–Kier alpha value is -3.20. The molecule has 0 saturated heterocycles. The molecule has 0 unspecified atom stereocenters. The van der Waals surface area contributed by atoms with Crippen LogP contribution in [0.4, 0.5) is 0 Å². The molecular weight excluding hydrogens is 376 g/mol. The number of hydrogen-bond donors (Lipinski definition) is 1. The van der Waals surface area contributed by atoms with E-state index < -0.39 is 11.2 Å². The van der Waals surface area contributed by atoms with Gasteiger partial charge in [0, 0.05) is 26.0 Å². The van der Waals surface area contributed by atoms with Gasteiger partial charge in [-0.2, -0.15) is 0 Å². The quantitative estimate of drug-likeness (QED) is 0.502. The largest absolute Gasteiger partial charge is 0.329 e. The van der Waals surface area contributed by atoms with Crippen LogP contribution in [0, 0.1) is 0 Å². The van der Waals surface area contributed by atoms with E-state index in [2.05, 4.69) is 32.1 Å². The second-order valence-corrected chi connectivity index (χ2v) is 7.19. The fourth-order valence-corrected chi connectivity index (χ4v) is 3.82. The van der Waals surface area contributed by atoms with E-state index in [9.17, 15) is 9.59 Å². The molecule has 0 aliphatic heterocycles. The molecule has 8 nitrogen and oxygen atoms in total. The van der Waals surface area contributed by atoms with Gasteiger partial charge in [-0.05, 0) is 36.2 Å². The number of nitrogens with one attached hydrogen (secondary N) is 1. The molecule has 0 bridgehead atoms. The van der Waals surface area contributed by atoms with Crippen molar-refractivity contribution < 1.29 is 0 Å². The SMILES string of the molecule is Cn1c(=O)[nH]c(=O)c2c1nc(Sc1ncccn1)n2CCCc1ccccc1. The molecule has 28 heavy (non-hydrogen) atoms. The third-order valence-corrected chi connectivity index (χ3v) is 5.27. The number of aromatic amines is 1. The van der Waals surface area contributed by atoms with Crippen molar-refractivity contribution in [3.8, 4) is 0 Å². The smallest absolute Gasteiger partial charge is 0.313 e. The van der Waals surface area contributed by atoms with E-state index in [0.717, 1.165) is 12.8 Å². The molecule has 0 aliphatic carbocycles. The average Bonchev–Trinajstić information content (AvgIpc) is 3.07. The molecule has 0 spiro atoms. The Morgan fingerprint density at radius 2 is 1.82 bits per heavy atom. The molecule has 3 aromatic heterocycles. The predicted molar refractivity (Wildman–Crippen MR) is 107 cm³/mol. The Morgan fingerprint density at radius 1 is 1.07 bits per heavy atom. The summed E-state index contributed by atoms with van der Waals surface area (Å²) >= 11 is 1.27. The Morgan fingerprint density at radius 3 is 2.57 bits per heavy atom. The topological polar surface area (TPSA) is 98.5 Å². The highest BCUT2D eigenvalue weighted by molar-refractivity contribution is 7.99. The molecule has 0 aliphatic rings. The standard InChI is InChI=1S/C19H18N6O2S/c1-24-15-14(16(26)23-18(24)27)25(12-5-9-13-7-3-2-4-8-13)19(22-15)28-17-20-10-6-11-21-17/h2-4,6-8,10-11H,5,9,12H2,1H3,(H,23,26,27). The maximum absolute atomic E-state index is 12.5. The van der Waals surface area contributed by atoms with E-state index in [1.165, 1.54) is 21.9 Å².